The largest absolute Gasteiger partial charge is 0.468 e. The van der Waals surface area contributed by atoms with E-state index in [0.717, 1.165) is 5.56 Å². The molecule has 100 valence electrons. The molecule has 0 radical (unpaired) electrons. The van der Waals surface area contributed by atoms with Crippen LogP contribution >= 0.6 is 11.6 Å². The SMILES string of the molecule is COC(=O)C(N)Cc1[nH]c(-c2ccccc2)nc1Cl. The van der Waals surface area contributed by atoms with Crippen molar-refractivity contribution < 1.29 is 9.53 Å². The zero-order valence-corrected chi connectivity index (χ0v) is 11.1. The fraction of sp³-hybridized carbons (Fsp3) is 0.231. The van der Waals surface area contributed by atoms with Crippen LogP contribution in [0.4, 0.5) is 0 Å². The molecule has 0 bridgehead atoms. The Bertz CT molecular complexity index is 569. The summed E-state index contributed by atoms with van der Waals surface area (Å²) in [6.45, 7) is 0. The van der Waals surface area contributed by atoms with Gasteiger partial charge in [0, 0.05) is 12.0 Å². The molecular formula is C13H14ClN3O2. The van der Waals surface area contributed by atoms with Gasteiger partial charge in [-0.25, -0.2) is 4.98 Å². The Morgan fingerprint density at radius 3 is 2.79 bits per heavy atom. The summed E-state index contributed by atoms with van der Waals surface area (Å²) in [7, 11) is 1.30. The van der Waals surface area contributed by atoms with Crippen molar-refractivity contribution in [1.82, 2.24) is 9.97 Å². The molecule has 3 N–H and O–H groups in total. The highest BCUT2D eigenvalue weighted by Crippen LogP contribution is 2.21. The number of aromatic amines is 1. The summed E-state index contributed by atoms with van der Waals surface area (Å²) in [5.74, 6) is 0.171. The highest BCUT2D eigenvalue weighted by Gasteiger charge is 2.18. The van der Waals surface area contributed by atoms with E-state index in [1.165, 1.54) is 7.11 Å². The van der Waals surface area contributed by atoms with Gasteiger partial charge >= 0.3 is 5.97 Å². The quantitative estimate of drug-likeness (QED) is 0.836. The number of methoxy groups -OCH3 is 1. The van der Waals surface area contributed by atoms with Crippen LogP contribution in [0.3, 0.4) is 0 Å². The summed E-state index contributed by atoms with van der Waals surface area (Å²) in [4.78, 5) is 18.6. The van der Waals surface area contributed by atoms with E-state index in [4.69, 9.17) is 17.3 Å². The second-order valence-electron chi connectivity index (χ2n) is 4.05. The van der Waals surface area contributed by atoms with Gasteiger partial charge in [-0.1, -0.05) is 41.9 Å². The molecule has 19 heavy (non-hydrogen) atoms. The molecule has 0 spiro atoms. The molecular weight excluding hydrogens is 266 g/mol. The third-order valence-corrected chi connectivity index (χ3v) is 3.02. The molecule has 1 aromatic heterocycles. The van der Waals surface area contributed by atoms with E-state index in [2.05, 4.69) is 14.7 Å². The fourth-order valence-corrected chi connectivity index (χ4v) is 1.92. The van der Waals surface area contributed by atoms with Crippen molar-refractivity contribution >= 4 is 17.6 Å². The van der Waals surface area contributed by atoms with E-state index in [-0.39, 0.29) is 6.42 Å². The number of halogens is 1. The van der Waals surface area contributed by atoms with Crippen LogP contribution in [0.2, 0.25) is 5.15 Å². The van der Waals surface area contributed by atoms with Gasteiger partial charge in [-0.3, -0.25) is 4.79 Å². The molecule has 1 heterocycles. The molecule has 0 aliphatic rings. The van der Waals surface area contributed by atoms with E-state index in [9.17, 15) is 4.79 Å². The fourth-order valence-electron chi connectivity index (χ4n) is 1.71. The Hall–Kier alpha value is -1.85. The maximum absolute atomic E-state index is 11.3. The van der Waals surface area contributed by atoms with Crippen LogP contribution in [0.25, 0.3) is 11.4 Å². The number of nitrogens with zero attached hydrogens (tertiary/aromatic N) is 1. The Labute approximate surface area is 115 Å². The van der Waals surface area contributed by atoms with Crippen LogP contribution in [0.5, 0.6) is 0 Å². The number of carbonyl (C=O) groups is 1. The average molecular weight is 280 g/mol. The van der Waals surface area contributed by atoms with Crippen molar-refractivity contribution in [2.24, 2.45) is 5.73 Å². The molecule has 1 aromatic carbocycles. The van der Waals surface area contributed by atoms with Gasteiger partial charge in [-0.15, -0.1) is 0 Å². The molecule has 0 aliphatic carbocycles. The number of esters is 1. The van der Waals surface area contributed by atoms with Gasteiger partial charge in [0.05, 0.1) is 12.8 Å². The maximum atomic E-state index is 11.3. The minimum atomic E-state index is -0.758. The molecule has 0 fully saturated rings. The molecule has 0 saturated carbocycles. The Morgan fingerprint density at radius 1 is 1.47 bits per heavy atom. The van der Waals surface area contributed by atoms with Crippen LogP contribution in [0.1, 0.15) is 5.69 Å². The highest BCUT2D eigenvalue weighted by atomic mass is 35.5. The van der Waals surface area contributed by atoms with Gasteiger partial charge in [0.15, 0.2) is 5.15 Å². The van der Waals surface area contributed by atoms with Crippen molar-refractivity contribution in [1.29, 1.82) is 0 Å². The number of nitrogens with one attached hydrogen (secondary N) is 1. The zero-order chi connectivity index (χ0) is 13.8. The Kier molecular flexibility index (Phi) is 4.19. The number of ether oxygens (including phenoxy) is 1. The topological polar surface area (TPSA) is 81.0 Å². The molecule has 1 atom stereocenters. The summed E-state index contributed by atoms with van der Waals surface area (Å²) in [5, 5.41) is 0.318. The second kappa shape index (κ2) is 5.86. The first-order valence-corrected chi connectivity index (χ1v) is 6.13. The summed E-state index contributed by atoms with van der Waals surface area (Å²) >= 11 is 6.04. The summed E-state index contributed by atoms with van der Waals surface area (Å²) in [6, 6.07) is 8.81. The first kappa shape index (κ1) is 13.6. The molecule has 2 rings (SSSR count). The number of hydrogen-bond donors (Lipinski definition) is 2. The van der Waals surface area contributed by atoms with Gasteiger partial charge in [-0.2, -0.15) is 0 Å². The number of H-pyrrole nitrogens is 1. The minimum Gasteiger partial charge on any atom is -0.468 e. The first-order valence-electron chi connectivity index (χ1n) is 5.75. The second-order valence-corrected chi connectivity index (χ2v) is 4.41. The monoisotopic (exact) mass is 279 g/mol. The smallest absolute Gasteiger partial charge is 0.323 e. The van der Waals surface area contributed by atoms with Crippen molar-refractivity contribution in [2.75, 3.05) is 7.11 Å². The van der Waals surface area contributed by atoms with Crippen LogP contribution in [-0.2, 0) is 16.0 Å². The third kappa shape index (κ3) is 3.13. The molecule has 0 aliphatic heterocycles. The Balaban J connectivity index is 2.20. The molecule has 2 aromatic rings. The summed E-state index contributed by atoms with van der Waals surface area (Å²) < 4.78 is 4.57. The van der Waals surface area contributed by atoms with E-state index >= 15 is 0 Å². The minimum absolute atomic E-state index is 0.255. The lowest BCUT2D eigenvalue weighted by atomic mass is 10.2. The van der Waals surface area contributed by atoms with Crippen LogP contribution in [0, 0.1) is 0 Å². The number of hydrogen-bond acceptors (Lipinski definition) is 4. The summed E-state index contributed by atoms with van der Waals surface area (Å²) in [6.07, 6.45) is 0.255. The zero-order valence-electron chi connectivity index (χ0n) is 10.4. The number of benzene rings is 1. The first-order chi connectivity index (χ1) is 9.11. The number of carbonyl (C=O) groups excluding carboxylic acids is 1. The van der Waals surface area contributed by atoms with Crippen molar-refractivity contribution in [3.8, 4) is 11.4 Å². The number of rotatable bonds is 4. The predicted molar refractivity (Wildman–Crippen MR) is 72.7 cm³/mol. The molecule has 0 saturated heterocycles. The summed E-state index contributed by atoms with van der Waals surface area (Å²) in [5.41, 5.74) is 7.24. The van der Waals surface area contributed by atoms with Gasteiger partial charge in [0.1, 0.15) is 11.9 Å². The van der Waals surface area contributed by atoms with Crippen molar-refractivity contribution in [3.05, 3.63) is 41.2 Å². The van der Waals surface area contributed by atoms with Gasteiger partial charge in [0.2, 0.25) is 0 Å². The normalized spacial score (nSPS) is 12.2. The van der Waals surface area contributed by atoms with E-state index in [0.29, 0.717) is 16.7 Å². The van der Waals surface area contributed by atoms with Crippen molar-refractivity contribution in [2.45, 2.75) is 12.5 Å². The van der Waals surface area contributed by atoms with Crippen LogP contribution in [-0.4, -0.2) is 29.1 Å². The third-order valence-electron chi connectivity index (χ3n) is 2.70. The van der Waals surface area contributed by atoms with E-state index < -0.39 is 12.0 Å². The van der Waals surface area contributed by atoms with E-state index in [1.54, 1.807) is 0 Å². The Morgan fingerprint density at radius 2 is 2.16 bits per heavy atom. The number of nitrogens with two attached hydrogens (primary N) is 1. The molecule has 6 heteroatoms. The van der Waals surface area contributed by atoms with Crippen LogP contribution in [0.15, 0.2) is 30.3 Å². The predicted octanol–water partition coefficient (Wildman–Crippen LogP) is 1.77. The molecule has 5 nitrogen and oxygen atoms in total. The highest BCUT2D eigenvalue weighted by molar-refractivity contribution is 6.30. The van der Waals surface area contributed by atoms with E-state index in [1.807, 2.05) is 30.3 Å². The number of imidazole rings is 1. The maximum Gasteiger partial charge on any atom is 0.323 e. The lowest BCUT2D eigenvalue weighted by molar-refractivity contribution is -0.142. The molecule has 0 amide bonds. The van der Waals surface area contributed by atoms with Gasteiger partial charge < -0.3 is 15.5 Å². The lowest BCUT2D eigenvalue weighted by Crippen LogP contribution is -2.33. The number of aromatic nitrogens is 2. The standard InChI is InChI=1S/C13H14ClN3O2/c1-19-13(18)9(15)7-10-11(14)17-12(16-10)8-5-3-2-4-6-8/h2-6,9H,7,15H2,1H3,(H,16,17). The van der Waals surface area contributed by atoms with Crippen LogP contribution < -0.4 is 5.73 Å². The lowest BCUT2D eigenvalue weighted by Gasteiger charge is -2.07. The molecule has 1 unspecified atom stereocenters. The van der Waals surface area contributed by atoms with Gasteiger partial charge in [0.25, 0.3) is 0 Å². The van der Waals surface area contributed by atoms with Gasteiger partial charge in [-0.05, 0) is 0 Å². The van der Waals surface area contributed by atoms with Crippen molar-refractivity contribution in [3.63, 3.8) is 0 Å². The average Bonchev–Trinajstić information content (AvgIpc) is 2.80.